The van der Waals surface area contributed by atoms with E-state index in [-0.39, 0.29) is 27.6 Å². The Labute approximate surface area is 149 Å². The van der Waals surface area contributed by atoms with Gasteiger partial charge in [0.1, 0.15) is 10.6 Å². The highest BCUT2D eigenvalue weighted by Gasteiger charge is 2.25. The minimum Gasteiger partial charge on any atom is -0.495 e. The molecule has 2 aromatic rings. The van der Waals surface area contributed by atoms with E-state index >= 15 is 0 Å². The zero-order valence-corrected chi connectivity index (χ0v) is 15.0. The van der Waals surface area contributed by atoms with Gasteiger partial charge in [0.05, 0.1) is 36.5 Å². The summed E-state index contributed by atoms with van der Waals surface area (Å²) in [6, 6.07) is 7.76. The van der Waals surface area contributed by atoms with E-state index in [1.807, 2.05) is 0 Å². The van der Waals surface area contributed by atoms with E-state index in [1.54, 1.807) is 19.1 Å². The lowest BCUT2D eigenvalue weighted by molar-refractivity contribution is -0.385. The van der Waals surface area contributed by atoms with Crippen LogP contribution in [0.3, 0.4) is 0 Å². The van der Waals surface area contributed by atoms with Crippen molar-refractivity contribution < 1.29 is 27.6 Å². The fourth-order valence-corrected chi connectivity index (χ4v) is 3.57. The lowest BCUT2D eigenvalue weighted by atomic mass is 10.1. The molecule has 9 nitrogen and oxygen atoms in total. The van der Waals surface area contributed by atoms with Gasteiger partial charge >= 0.3 is 5.97 Å². The molecule has 138 valence electrons. The van der Waals surface area contributed by atoms with E-state index in [9.17, 15) is 23.3 Å². The Morgan fingerprint density at radius 3 is 2.46 bits per heavy atom. The molecule has 0 atom stereocenters. The fourth-order valence-electron chi connectivity index (χ4n) is 2.26. The number of nitrogens with one attached hydrogen (secondary N) is 1. The standard InChI is InChI=1S/C16H16N2O7S/c1-10-5-4-6-12(16(19)25-3)15(10)17-26(22,23)14-8-7-11(18(20)21)9-13(14)24-2/h4-9,17H,1-3H3. The zero-order valence-electron chi connectivity index (χ0n) is 14.2. The molecular formula is C16H16N2O7S. The number of carbonyl (C=O) groups is 1. The molecule has 2 rings (SSSR count). The van der Waals surface area contributed by atoms with Crippen molar-refractivity contribution in [1.29, 1.82) is 0 Å². The van der Waals surface area contributed by atoms with E-state index in [0.717, 1.165) is 18.2 Å². The number of para-hydroxylation sites is 1. The molecule has 0 aliphatic carbocycles. The van der Waals surface area contributed by atoms with Crippen LogP contribution in [0.1, 0.15) is 15.9 Å². The van der Waals surface area contributed by atoms with E-state index < -0.39 is 20.9 Å². The molecule has 1 N–H and O–H groups in total. The lowest BCUT2D eigenvalue weighted by Gasteiger charge is -2.15. The zero-order chi connectivity index (χ0) is 19.5. The maximum atomic E-state index is 12.8. The van der Waals surface area contributed by atoms with Crippen LogP contribution in [-0.2, 0) is 14.8 Å². The highest BCUT2D eigenvalue weighted by Crippen LogP contribution is 2.31. The van der Waals surface area contributed by atoms with Gasteiger partial charge < -0.3 is 9.47 Å². The molecule has 0 aliphatic rings. The van der Waals surface area contributed by atoms with Gasteiger partial charge in [-0.1, -0.05) is 12.1 Å². The molecule has 0 aliphatic heterocycles. The van der Waals surface area contributed by atoms with Crippen molar-refractivity contribution in [1.82, 2.24) is 0 Å². The first-order valence-corrected chi connectivity index (χ1v) is 8.72. The SMILES string of the molecule is COC(=O)c1cccc(C)c1NS(=O)(=O)c1ccc([N+](=O)[O-])cc1OC. The number of sulfonamides is 1. The van der Waals surface area contributed by atoms with Crippen molar-refractivity contribution in [2.75, 3.05) is 18.9 Å². The summed E-state index contributed by atoms with van der Waals surface area (Å²) in [7, 11) is -1.81. The van der Waals surface area contributed by atoms with Gasteiger partial charge in [0.15, 0.2) is 0 Å². The van der Waals surface area contributed by atoms with Crippen LogP contribution < -0.4 is 9.46 Å². The summed E-state index contributed by atoms with van der Waals surface area (Å²) in [4.78, 5) is 21.8. The Kier molecular flexibility index (Phi) is 5.46. The second-order valence-electron chi connectivity index (χ2n) is 5.19. The second-order valence-corrected chi connectivity index (χ2v) is 6.84. The Morgan fingerprint density at radius 2 is 1.88 bits per heavy atom. The number of hydrogen-bond donors (Lipinski definition) is 1. The molecule has 0 saturated carbocycles. The quantitative estimate of drug-likeness (QED) is 0.464. The first-order chi connectivity index (χ1) is 12.2. The maximum Gasteiger partial charge on any atom is 0.340 e. The van der Waals surface area contributed by atoms with Crippen LogP contribution in [0.5, 0.6) is 5.75 Å². The summed E-state index contributed by atoms with van der Waals surface area (Å²) in [6.45, 7) is 1.62. The Balaban J connectivity index is 2.54. The number of esters is 1. The van der Waals surface area contributed by atoms with Gasteiger partial charge in [-0.2, -0.15) is 0 Å². The van der Waals surface area contributed by atoms with Gasteiger partial charge in [-0.25, -0.2) is 13.2 Å². The van der Waals surface area contributed by atoms with E-state index in [1.165, 1.54) is 20.3 Å². The van der Waals surface area contributed by atoms with Gasteiger partial charge in [0.2, 0.25) is 0 Å². The van der Waals surface area contributed by atoms with E-state index in [4.69, 9.17) is 4.74 Å². The molecule has 10 heteroatoms. The number of aryl methyl sites for hydroxylation is 1. The number of methoxy groups -OCH3 is 2. The molecular weight excluding hydrogens is 364 g/mol. The van der Waals surface area contributed by atoms with Crippen molar-refractivity contribution in [2.24, 2.45) is 0 Å². The van der Waals surface area contributed by atoms with Gasteiger partial charge in [0.25, 0.3) is 15.7 Å². The number of rotatable bonds is 6. The van der Waals surface area contributed by atoms with Gasteiger partial charge in [-0.15, -0.1) is 0 Å². The Morgan fingerprint density at radius 1 is 1.19 bits per heavy atom. The topological polar surface area (TPSA) is 125 Å². The molecule has 0 heterocycles. The summed E-state index contributed by atoms with van der Waals surface area (Å²) < 4.78 is 37.5. The van der Waals surface area contributed by atoms with Crippen molar-refractivity contribution in [3.8, 4) is 5.75 Å². The summed E-state index contributed by atoms with van der Waals surface area (Å²) >= 11 is 0. The molecule has 0 fully saturated rings. The third-order valence-corrected chi connectivity index (χ3v) is 4.95. The normalized spacial score (nSPS) is 10.9. The number of hydrogen-bond acceptors (Lipinski definition) is 7. The van der Waals surface area contributed by atoms with Crippen LogP contribution in [0, 0.1) is 17.0 Å². The molecule has 0 saturated heterocycles. The maximum absolute atomic E-state index is 12.8. The predicted molar refractivity (Wildman–Crippen MR) is 93.0 cm³/mol. The van der Waals surface area contributed by atoms with Gasteiger partial charge in [-0.3, -0.25) is 14.8 Å². The molecule has 0 spiro atoms. The predicted octanol–water partition coefficient (Wildman–Crippen LogP) is 2.50. The molecule has 0 radical (unpaired) electrons. The van der Waals surface area contributed by atoms with E-state index in [0.29, 0.717) is 5.56 Å². The van der Waals surface area contributed by atoms with Gasteiger partial charge in [-0.05, 0) is 24.6 Å². The molecule has 0 amide bonds. The minimum atomic E-state index is -4.19. The molecule has 26 heavy (non-hydrogen) atoms. The first-order valence-electron chi connectivity index (χ1n) is 7.24. The summed E-state index contributed by atoms with van der Waals surface area (Å²) in [5.74, 6) is -0.901. The van der Waals surface area contributed by atoms with Crippen LogP contribution in [0.4, 0.5) is 11.4 Å². The van der Waals surface area contributed by atoms with Crippen LogP contribution in [0.15, 0.2) is 41.3 Å². The minimum absolute atomic E-state index is 0.0388. The molecule has 2 aromatic carbocycles. The molecule has 0 bridgehead atoms. The highest BCUT2D eigenvalue weighted by atomic mass is 32.2. The average molecular weight is 380 g/mol. The number of anilines is 1. The Hall–Kier alpha value is -3.14. The van der Waals surface area contributed by atoms with Crippen LogP contribution in [0.2, 0.25) is 0 Å². The number of benzene rings is 2. The highest BCUT2D eigenvalue weighted by molar-refractivity contribution is 7.92. The summed E-state index contributed by atoms with van der Waals surface area (Å²) in [5, 5.41) is 10.9. The van der Waals surface area contributed by atoms with E-state index in [2.05, 4.69) is 9.46 Å². The summed E-state index contributed by atoms with van der Waals surface area (Å²) in [5.41, 5.74) is 0.279. The van der Waals surface area contributed by atoms with Crippen LogP contribution in [-0.4, -0.2) is 33.5 Å². The Bertz CT molecular complexity index is 971. The number of carbonyl (C=O) groups excluding carboxylic acids is 1. The lowest BCUT2D eigenvalue weighted by Crippen LogP contribution is -2.18. The largest absolute Gasteiger partial charge is 0.495 e. The van der Waals surface area contributed by atoms with Crippen molar-refractivity contribution in [2.45, 2.75) is 11.8 Å². The van der Waals surface area contributed by atoms with Crippen molar-refractivity contribution in [3.05, 3.63) is 57.6 Å². The van der Waals surface area contributed by atoms with Crippen LogP contribution >= 0.6 is 0 Å². The third-order valence-electron chi connectivity index (χ3n) is 3.56. The van der Waals surface area contributed by atoms with Crippen LogP contribution in [0.25, 0.3) is 0 Å². The number of ether oxygens (including phenoxy) is 2. The number of non-ortho nitro benzene ring substituents is 1. The first kappa shape index (κ1) is 19.2. The third kappa shape index (κ3) is 3.75. The van der Waals surface area contributed by atoms with Crippen molar-refractivity contribution >= 4 is 27.4 Å². The number of nitrogens with zero attached hydrogens (tertiary/aromatic N) is 1. The molecule has 0 aromatic heterocycles. The average Bonchev–Trinajstić information content (AvgIpc) is 2.61. The second kappa shape index (κ2) is 7.40. The number of nitro groups is 1. The van der Waals surface area contributed by atoms with Crippen molar-refractivity contribution in [3.63, 3.8) is 0 Å². The monoisotopic (exact) mass is 380 g/mol. The smallest absolute Gasteiger partial charge is 0.340 e. The fraction of sp³-hybridized carbons (Fsp3) is 0.188. The number of nitro benzene ring substituents is 1. The molecule has 0 unspecified atom stereocenters. The summed E-state index contributed by atoms with van der Waals surface area (Å²) in [6.07, 6.45) is 0. The van der Waals surface area contributed by atoms with Gasteiger partial charge in [0, 0.05) is 6.07 Å².